The fraction of sp³-hybridized carbons (Fsp3) is 0.536. The molecule has 36 heavy (non-hydrogen) atoms. The monoisotopic (exact) mass is 505 g/mol. The fourth-order valence-electron chi connectivity index (χ4n) is 5.06. The smallest absolute Gasteiger partial charge is 0.387 e. The van der Waals surface area contributed by atoms with E-state index >= 15 is 0 Å². The summed E-state index contributed by atoms with van der Waals surface area (Å²) in [6, 6.07) is 13.2. The topological polar surface area (TPSA) is 88.0 Å². The number of hydrogen-bond acceptors (Lipinski definition) is 5. The van der Waals surface area contributed by atoms with Crippen LogP contribution in [0.15, 0.2) is 42.5 Å². The third-order valence-corrected chi connectivity index (χ3v) is 6.70. The Morgan fingerprint density at radius 1 is 1.14 bits per heavy atom. The molecule has 0 unspecified atom stereocenters. The van der Waals surface area contributed by atoms with Crippen LogP contribution >= 0.6 is 0 Å². The standard InChI is InChI=1S/C28H37F2NO5/c1-18(23-9-6-10-25(36-27(29)30)24(23)11-12-26(33)34)35-17-22(32)16-31-28(2,3)15-19-13-20-7-4-5-8-21(20)14-19/h4-10,18-19,22,27,31-32H,11-17H2,1-3H3,(H,33,34)/t18-,22-/m1/s1. The lowest BCUT2D eigenvalue weighted by Gasteiger charge is -2.31. The molecule has 2 aromatic carbocycles. The van der Waals surface area contributed by atoms with Crippen molar-refractivity contribution < 1.29 is 33.3 Å². The number of nitrogens with one attached hydrogen (secondary N) is 1. The number of aliphatic hydroxyl groups excluding tert-OH is 1. The van der Waals surface area contributed by atoms with Crippen LogP contribution < -0.4 is 10.1 Å². The molecule has 2 atom stereocenters. The van der Waals surface area contributed by atoms with E-state index in [9.17, 15) is 18.7 Å². The van der Waals surface area contributed by atoms with E-state index in [1.165, 1.54) is 17.2 Å². The minimum Gasteiger partial charge on any atom is -0.481 e. The van der Waals surface area contributed by atoms with Gasteiger partial charge in [0.05, 0.1) is 18.8 Å². The van der Waals surface area contributed by atoms with Crippen LogP contribution in [0.25, 0.3) is 0 Å². The summed E-state index contributed by atoms with van der Waals surface area (Å²) < 4.78 is 36.2. The molecule has 198 valence electrons. The molecule has 0 saturated carbocycles. The molecular weight excluding hydrogens is 468 g/mol. The van der Waals surface area contributed by atoms with Gasteiger partial charge in [0.25, 0.3) is 0 Å². The van der Waals surface area contributed by atoms with Gasteiger partial charge in [0.1, 0.15) is 5.75 Å². The third kappa shape index (κ3) is 8.25. The Bertz CT molecular complexity index is 988. The minimum atomic E-state index is -3.02. The van der Waals surface area contributed by atoms with Crippen molar-refractivity contribution in [2.24, 2.45) is 5.92 Å². The highest BCUT2D eigenvalue weighted by molar-refractivity contribution is 5.67. The molecule has 3 N–H and O–H groups in total. The van der Waals surface area contributed by atoms with Crippen molar-refractivity contribution in [2.75, 3.05) is 13.2 Å². The minimum absolute atomic E-state index is 0.0323. The number of carboxylic acid groups (broad SMARTS) is 1. The SMILES string of the molecule is C[C@@H](OC[C@H](O)CNC(C)(C)CC1Cc2ccccc2C1)c1cccc(OC(F)F)c1CCC(=O)O. The Kier molecular flexibility index (Phi) is 9.82. The summed E-state index contributed by atoms with van der Waals surface area (Å²) >= 11 is 0. The predicted molar refractivity (Wildman–Crippen MR) is 133 cm³/mol. The van der Waals surface area contributed by atoms with Crippen LogP contribution in [0.2, 0.25) is 0 Å². The van der Waals surface area contributed by atoms with Gasteiger partial charge in [-0.2, -0.15) is 8.78 Å². The van der Waals surface area contributed by atoms with Crippen LogP contribution in [0.4, 0.5) is 8.78 Å². The molecule has 2 aromatic rings. The van der Waals surface area contributed by atoms with Gasteiger partial charge in [-0.15, -0.1) is 0 Å². The molecule has 0 aliphatic heterocycles. The number of ether oxygens (including phenoxy) is 2. The summed E-state index contributed by atoms with van der Waals surface area (Å²) in [5.41, 5.74) is 3.62. The molecule has 0 radical (unpaired) electrons. The highest BCUT2D eigenvalue weighted by Crippen LogP contribution is 2.33. The summed E-state index contributed by atoms with van der Waals surface area (Å²) in [7, 11) is 0. The predicted octanol–water partition coefficient (Wildman–Crippen LogP) is 4.92. The van der Waals surface area contributed by atoms with Crippen LogP contribution in [0.5, 0.6) is 5.75 Å². The van der Waals surface area contributed by atoms with E-state index in [4.69, 9.17) is 9.84 Å². The van der Waals surface area contributed by atoms with E-state index in [1.807, 2.05) is 0 Å². The summed E-state index contributed by atoms with van der Waals surface area (Å²) in [5.74, 6) is -0.533. The van der Waals surface area contributed by atoms with Crippen molar-refractivity contribution in [3.05, 3.63) is 64.7 Å². The number of alkyl halides is 2. The largest absolute Gasteiger partial charge is 0.481 e. The van der Waals surface area contributed by atoms with Crippen molar-refractivity contribution >= 4 is 5.97 Å². The zero-order valence-corrected chi connectivity index (χ0v) is 21.2. The quantitative estimate of drug-likeness (QED) is 0.338. The van der Waals surface area contributed by atoms with Crippen LogP contribution in [0.3, 0.4) is 0 Å². The number of β-amino-alcohol motifs (C(OH)–C–C–N with tert-alkyl or cyclic N) is 1. The van der Waals surface area contributed by atoms with Crippen LogP contribution in [0, 0.1) is 5.92 Å². The average Bonchev–Trinajstić information content (AvgIpc) is 3.21. The molecule has 0 heterocycles. The van der Waals surface area contributed by atoms with Crippen molar-refractivity contribution in [2.45, 2.75) is 77.2 Å². The number of aliphatic carboxylic acids is 1. The maximum atomic E-state index is 12.9. The first kappa shape index (κ1) is 28.0. The first-order chi connectivity index (χ1) is 17.0. The van der Waals surface area contributed by atoms with Gasteiger partial charge in [-0.3, -0.25) is 4.79 Å². The Hall–Kier alpha value is -2.55. The van der Waals surface area contributed by atoms with Crippen molar-refractivity contribution in [3.8, 4) is 5.75 Å². The van der Waals surface area contributed by atoms with Gasteiger partial charge < -0.3 is 25.0 Å². The first-order valence-corrected chi connectivity index (χ1v) is 12.4. The van der Waals surface area contributed by atoms with Gasteiger partial charge in [-0.05, 0) is 75.1 Å². The van der Waals surface area contributed by atoms with Crippen LogP contribution in [-0.4, -0.2) is 47.6 Å². The molecule has 1 aliphatic carbocycles. The summed E-state index contributed by atoms with van der Waals surface area (Å²) in [4.78, 5) is 11.1. The maximum Gasteiger partial charge on any atom is 0.387 e. The molecule has 0 fully saturated rings. The molecule has 1 aliphatic rings. The Labute approximate surface area is 211 Å². The Morgan fingerprint density at radius 3 is 2.42 bits per heavy atom. The second-order valence-corrected chi connectivity index (χ2v) is 10.2. The summed E-state index contributed by atoms with van der Waals surface area (Å²) in [6.45, 7) is 3.38. The second kappa shape index (κ2) is 12.6. The van der Waals surface area contributed by atoms with Gasteiger partial charge in [-0.25, -0.2) is 0 Å². The number of benzene rings is 2. The zero-order valence-electron chi connectivity index (χ0n) is 21.2. The van der Waals surface area contributed by atoms with Gasteiger partial charge >= 0.3 is 12.6 Å². The van der Waals surface area contributed by atoms with Gasteiger partial charge in [0, 0.05) is 24.1 Å². The number of fused-ring (bicyclic) bond motifs is 1. The molecule has 8 heteroatoms. The van der Waals surface area contributed by atoms with Crippen molar-refractivity contribution in [1.82, 2.24) is 5.32 Å². The van der Waals surface area contributed by atoms with Crippen molar-refractivity contribution in [1.29, 1.82) is 0 Å². The van der Waals surface area contributed by atoms with Crippen LogP contribution in [-0.2, 0) is 28.8 Å². The molecule has 6 nitrogen and oxygen atoms in total. The van der Waals surface area contributed by atoms with E-state index in [0.717, 1.165) is 19.3 Å². The van der Waals surface area contributed by atoms with Gasteiger partial charge in [-0.1, -0.05) is 36.4 Å². The lowest BCUT2D eigenvalue weighted by atomic mass is 9.88. The molecule has 0 saturated heterocycles. The number of halogens is 2. The highest BCUT2D eigenvalue weighted by Gasteiger charge is 2.28. The molecule has 0 aromatic heterocycles. The number of aliphatic hydroxyl groups is 1. The average molecular weight is 506 g/mol. The van der Waals surface area contributed by atoms with E-state index < -0.39 is 24.8 Å². The normalized spacial score (nSPS) is 15.6. The molecule has 3 rings (SSSR count). The third-order valence-electron chi connectivity index (χ3n) is 6.70. The lowest BCUT2D eigenvalue weighted by Crippen LogP contribution is -2.45. The summed E-state index contributed by atoms with van der Waals surface area (Å²) in [5, 5.41) is 23.0. The maximum absolute atomic E-state index is 12.9. The van der Waals surface area contributed by atoms with Crippen molar-refractivity contribution in [3.63, 3.8) is 0 Å². The highest BCUT2D eigenvalue weighted by atomic mass is 19.3. The lowest BCUT2D eigenvalue weighted by molar-refractivity contribution is -0.136. The molecule has 0 spiro atoms. The Balaban J connectivity index is 1.51. The molecule has 0 bridgehead atoms. The van der Waals surface area contributed by atoms with Crippen LogP contribution in [0.1, 0.15) is 62.0 Å². The zero-order chi connectivity index (χ0) is 26.3. The Morgan fingerprint density at radius 2 is 1.81 bits per heavy atom. The second-order valence-electron chi connectivity index (χ2n) is 10.2. The number of rotatable bonds is 14. The molecule has 0 amide bonds. The number of carbonyl (C=O) groups is 1. The first-order valence-electron chi connectivity index (χ1n) is 12.4. The molecular formula is C28H37F2NO5. The number of hydrogen-bond donors (Lipinski definition) is 3. The van der Waals surface area contributed by atoms with Gasteiger partial charge in [0.15, 0.2) is 0 Å². The van der Waals surface area contributed by atoms with E-state index in [2.05, 4.69) is 48.2 Å². The fourth-order valence-corrected chi connectivity index (χ4v) is 5.06. The number of carboxylic acids is 1. The summed E-state index contributed by atoms with van der Waals surface area (Å²) in [6.07, 6.45) is 1.62. The van der Waals surface area contributed by atoms with E-state index in [1.54, 1.807) is 19.1 Å². The van der Waals surface area contributed by atoms with E-state index in [-0.39, 0.29) is 30.7 Å². The van der Waals surface area contributed by atoms with Gasteiger partial charge in [0.2, 0.25) is 0 Å². The van der Waals surface area contributed by atoms with E-state index in [0.29, 0.717) is 23.6 Å².